The summed E-state index contributed by atoms with van der Waals surface area (Å²) in [5.74, 6) is -0.127. The molecule has 3 heterocycles. The van der Waals surface area contributed by atoms with E-state index in [0.29, 0.717) is 29.9 Å². The van der Waals surface area contributed by atoms with Gasteiger partial charge in [-0.2, -0.15) is 13.2 Å². The minimum atomic E-state index is -4.60. The number of rotatable bonds is 7. The van der Waals surface area contributed by atoms with E-state index < -0.39 is 29.4 Å². The fourth-order valence-corrected chi connectivity index (χ4v) is 7.77. The van der Waals surface area contributed by atoms with Crippen LogP contribution in [0.2, 0.25) is 0 Å². The number of aryl methyl sites for hydroxylation is 2. The van der Waals surface area contributed by atoms with Crippen LogP contribution in [0.1, 0.15) is 103 Å². The Morgan fingerprint density at radius 3 is 2.60 bits per heavy atom. The number of hydrogen-bond acceptors (Lipinski definition) is 6. The van der Waals surface area contributed by atoms with Crippen LogP contribution in [0.3, 0.4) is 0 Å². The van der Waals surface area contributed by atoms with E-state index in [1.165, 1.54) is 23.0 Å². The Kier molecular flexibility index (Phi) is 8.02. The molecule has 0 saturated heterocycles. The second-order valence-electron chi connectivity index (χ2n) is 12.4. The van der Waals surface area contributed by atoms with Gasteiger partial charge in [0.2, 0.25) is 0 Å². The van der Waals surface area contributed by atoms with Crippen LogP contribution in [-0.4, -0.2) is 43.1 Å². The number of thiophene rings is 1. The first-order valence-corrected chi connectivity index (χ1v) is 15.9. The molecule has 0 bridgehead atoms. The number of aromatic nitrogens is 2. The van der Waals surface area contributed by atoms with Gasteiger partial charge in [-0.15, -0.1) is 11.3 Å². The summed E-state index contributed by atoms with van der Waals surface area (Å²) in [6, 6.07) is 6.29. The van der Waals surface area contributed by atoms with Crippen LogP contribution >= 0.6 is 11.3 Å². The molecular weight excluding hydrogens is 579 g/mol. The normalized spacial score (nSPS) is 20.3. The molecule has 1 aromatic carbocycles. The van der Waals surface area contributed by atoms with Crippen molar-refractivity contribution in [2.24, 2.45) is 0 Å². The van der Waals surface area contributed by atoms with Crippen molar-refractivity contribution in [1.82, 2.24) is 14.9 Å². The van der Waals surface area contributed by atoms with Gasteiger partial charge in [-0.1, -0.05) is 31.4 Å². The molecule has 3 N–H and O–H groups in total. The molecule has 1 aliphatic heterocycles. The van der Waals surface area contributed by atoms with Crippen LogP contribution in [-0.2, 0) is 35.8 Å². The SMILES string of the molecule is O=C(C(O)c1cccc(C(F)(F)F)c1)N1CCCc2nc(C3(c4cc(CCC5(O)CCCCC5)cs4)CC3)[nH]c(=O)c2C1. The molecule has 0 spiro atoms. The summed E-state index contributed by atoms with van der Waals surface area (Å²) in [6.07, 6.45) is 2.96. The smallest absolute Gasteiger partial charge is 0.390 e. The number of benzene rings is 1. The monoisotopic (exact) mass is 615 g/mol. The summed E-state index contributed by atoms with van der Waals surface area (Å²) in [5.41, 5.74) is -0.198. The summed E-state index contributed by atoms with van der Waals surface area (Å²) in [4.78, 5) is 36.9. The van der Waals surface area contributed by atoms with Crippen LogP contribution in [0.25, 0.3) is 0 Å². The van der Waals surface area contributed by atoms with Gasteiger partial charge in [0.05, 0.1) is 34.4 Å². The molecule has 2 aliphatic carbocycles. The predicted molar refractivity (Wildman–Crippen MR) is 156 cm³/mol. The molecule has 43 heavy (non-hydrogen) atoms. The van der Waals surface area contributed by atoms with Crippen molar-refractivity contribution < 1.29 is 28.2 Å². The first-order valence-electron chi connectivity index (χ1n) is 15.0. The van der Waals surface area contributed by atoms with Crippen molar-refractivity contribution in [3.05, 3.63) is 84.7 Å². The largest absolute Gasteiger partial charge is 0.416 e. The number of halogens is 3. The summed E-state index contributed by atoms with van der Waals surface area (Å²) in [7, 11) is 0. The molecule has 2 fully saturated rings. The molecule has 1 unspecified atom stereocenters. The van der Waals surface area contributed by atoms with E-state index in [1.54, 1.807) is 11.3 Å². The molecular formula is C32H36F3N3O4S. The molecule has 11 heteroatoms. The summed E-state index contributed by atoms with van der Waals surface area (Å²) in [6.45, 7) is 0.164. The number of aromatic amines is 1. The number of aliphatic hydroxyl groups is 2. The molecule has 1 amide bonds. The highest BCUT2D eigenvalue weighted by Gasteiger charge is 2.50. The number of carbonyl (C=O) groups is 1. The number of nitrogens with zero attached hydrogens (tertiary/aromatic N) is 2. The van der Waals surface area contributed by atoms with E-state index >= 15 is 0 Å². The van der Waals surface area contributed by atoms with Gasteiger partial charge < -0.3 is 20.1 Å². The van der Waals surface area contributed by atoms with Gasteiger partial charge >= 0.3 is 6.18 Å². The Balaban J connectivity index is 1.18. The lowest BCUT2D eigenvalue weighted by molar-refractivity contribution is -0.142. The Labute approximate surface area is 251 Å². The van der Waals surface area contributed by atoms with Crippen LogP contribution in [0.4, 0.5) is 13.2 Å². The van der Waals surface area contributed by atoms with E-state index in [4.69, 9.17) is 4.98 Å². The average molecular weight is 616 g/mol. The van der Waals surface area contributed by atoms with E-state index in [2.05, 4.69) is 16.4 Å². The first-order chi connectivity index (χ1) is 20.5. The van der Waals surface area contributed by atoms with Crippen LogP contribution in [0, 0.1) is 0 Å². The van der Waals surface area contributed by atoms with Gasteiger partial charge in [0.1, 0.15) is 5.82 Å². The van der Waals surface area contributed by atoms with Crippen LogP contribution < -0.4 is 5.56 Å². The maximum absolute atomic E-state index is 13.4. The van der Waals surface area contributed by atoms with Crippen molar-refractivity contribution in [2.45, 2.75) is 100 Å². The second-order valence-corrected chi connectivity index (χ2v) is 13.3. The predicted octanol–water partition coefficient (Wildman–Crippen LogP) is 5.57. The molecule has 6 rings (SSSR count). The second kappa shape index (κ2) is 11.5. The molecule has 3 aliphatic rings. The Bertz CT molecular complexity index is 1560. The van der Waals surface area contributed by atoms with Gasteiger partial charge in [-0.05, 0) is 86.1 Å². The van der Waals surface area contributed by atoms with Crippen LogP contribution in [0.15, 0.2) is 40.5 Å². The third kappa shape index (κ3) is 6.17. The van der Waals surface area contributed by atoms with E-state index in [-0.39, 0.29) is 29.6 Å². The average Bonchev–Trinajstić information content (AvgIpc) is 3.71. The highest BCUT2D eigenvalue weighted by Crippen LogP contribution is 2.54. The molecule has 2 saturated carbocycles. The maximum Gasteiger partial charge on any atom is 0.416 e. The Morgan fingerprint density at radius 2 is 1.88 bits per heavy atom. The third-order valence-corrected chi connectivity index (χ3v) is 10.5. The van der Waals surface area contributed by atoms with Gasteiger partial charge in [-0.25, -0.2) is 4.98 Å². The number of carbonyl (C=O) groups excluding carboxylic acids is 1. The highest BCUT2D eigenvalue weighted by atomic mass is 32.1. The lowest BCUT2D eigenvalue weighted by Gasteiger charge is -2.32. The summed E-state index contributed by atoms with van der Waals surface area (Å²) >= 11 is 1.66. The standard InChI is InChI=1S/C32H36F3N3O4S/c33-32(34,35)22-7-4-6-21(17-22)26(39)28(41)38-15-5-8-24-23(18-38)27(40)37-29(36-24)31(13-14-31)25-16-20(19-43-25)9-12-30(42)10-2-1-3-11-30/h4,6-7,16-17,19,26,39,42H,1-3,5,8-15,18H2,(H,36,37,40). The quantitative estimate of drug-likeness (QED) is 0.323. The minimum Gasteiger partial charge on any atom is -0.390 e. The molecule has 1 atom stereocenters. The topological polar surface area (TPSA) is 107 Å². The van der Waals surface area contributed by atoms with Crippen molar-refractivity contribution in [3.8, 4) is 0 Å². The van der Waals surface area contributed by atoms with Crippen molar-refractivity contribution in [1.29, 1.82) is 0 Å². The number of amides is 1. The van der Waals surface area contributed by atoms with E-state index in [0.717, 1.165) is 74.4 Å². The van der Waals surface area contributed by atoms with Crippen molar-refractivity contribution in [2.75, 3.05) is 6.54 Å². The molecule has 3 aromatic rings. The van der Waals surface area contributed by atoms with Gasteiger partial charge in [0.15, 0.2) is 6.10 Å². The lowest BCUT2D eigenvalue weighted by Crippen LogP contribution is -2.36. The molecule has 7 nitrogen and oxygen atoms in total. The number of H-pyrrole nitrogens is 1. The Morgan fingerprint density at radius 1 is 1.12 bits per heavy atom. The van der Waals surface area contributed by atoms with Crippen molar-refractivity contribution >= 4 is 17.2 Å². The van der Waals surface area contributed by atoms with Gasteiger partial charge in [-0.3, -0.25) is 9.59 Å². The van der Waals surface area contributed by atoms with E-state index in [1.807, 2.05) is 0 Å². The highest BCUT2D eigenvalue weighted by molar-refractivity contribution is 7.10. The third-order valence-electron chi connectivity index (χ3n) is 9.36. The summed E-state index contributed by atoms with van der Waals surface area (Å²) < 4.78 is 39.5. The molecule has 0 radical (unpaired) electrons. The fourth-order valence-electron chi connectivity index (χ4n) is 6.56. The van der Waals surface area contributed by atoms with Crippen molar-refractivity contribution in [3.63, 3.8) is 0 Å². The van der Waals surface area contributed by atoms with Gasteiger partial charge in [0.25, 0.3) is 11.5 Å². The number of aliphatic hydroxyl groups excluding tert-OH is 1. The number of hydrogen-bond donors (Lipinski definition) is 3. The zero-order chi connectivity index (χ0) is 30.4. The van der Waals surface area contributed by atoms with Gasteiger partial charge in [0, 0.05) is 11.4 Å². The van der Waals surface area contributed by atoms with E-state index in [9.17, 15) is 33.0 Å². The first kappa shape index (κ1) is 30.0. The maximum atomic E-state index is 13.4. The zero-order valence-corrected chi connectivity index (χ0v) is 24.7. The molecule has 2 aromatic heterocycles. The number of fused-ring (bicyclic) bond motifs is 1. The minimum absolute atomic E-state index is 0.0775. The fraction of sp³-hybridized carbons (Fsp3) is 0.531. The van der Waals surface area contributed by atoms with Crippen LogP contribution in [0.5, 0.6) is 0 Å². The number of nitrogens with one attached hydrogen (secondary N) is 1. The zero-order valence-electron chi connectivity index (χ0n) is 23.9. The summed E-state index contributed by atoms with van der Waals surface area (Å²) in [5, 5.41) is 23.7. The molecule has 230 valence electrons. The number of alkyl halides is 3. The Hall–Kier alpha value is -3.02. The lowest BCUT2D eigenvalue weighted by atomic mass is 9.81.